The van der Waals surface area contributed by atoms with Gasteiger partial charge in [-0.2, -0.15) is 0 Å². The predicted molar refractivity (Wildman–Crippen MR) is 67.8 cm³/mol. The van der Waals surface area contributed by atoms with Crippen LogP contribution in [-0.2, 0) is 6.54 Å². The van der Waals surface area contributed by atoms with E-state index in [1.54, 1.807) is 6.07 Å². The van der Waals surface area contributed by atoms with E-state index in [-0.39, 0.29) is 5.56 Å². The summed E-state index contributed by atoms with van der Waals surface area (Å²) in [7, 11) is 0. The first-order valence-corrected chi connectivity index (χ1v) is 5.56. The molecule has 0 fully saturated rings. The number of carbonyl (C=O) groups is 1. The van der Waals surface area contributed by atoms with Gasteiger partial charge in [-0.15, -0.1) is 0 Å². The smallest absolute Gasteiger partial charge is 0.338 e. The summed E-state index contributed by atoms with van der Waals surface area (Å²) in [5, 5.41) is 12.3. The van der Waals surface area contributed by atoms with Gasteiger partial charge in [-0.25, -0.2) is 14.8 Å². The number of carboxylic acids is 1. The zero-order valence-electron chi connectivity index (χ0n) is 9.30. The molecule has 1 heterocycles. The molecule has 2 N–H and O–H groups in total. The Labute approximate surface area is 108 Å². The lowest BCUT2D eigenvalue weighted by molar-refractivity contribution is 0.0696. The van der Waals surface area contributed by atoms with Crippen LogP contribution in [0.4, 0.5) is 5.95 Å². The van der Waals surface area contributed by atoms with Crippen molar-refractivity contribution >= 4 is 23.5 Å². The molecule has 5 nitrogen and oxygen atoms in total. The van der Waals surface area contributed by atoms with Gasteiger partial charge in [0.2, 0.25) is 5.95 Å². The molecule has 1 aromatic heterocycles. The summed E-state index contributed by atoms with van der Waals surface area (Å²) < 4.78 is 0. The Morgan fingerprint density at radius 2 is 2.06 bits per heavy atom. The summed E-state index contributed by atoms with van der Waals surface area (Å²) in [4.78, 5) is 18.4. The maximum absolute atomic E-state index is 10.6. The normalized spacial score (nSPS) is 10.1. The molecule has 0 unspecified atom stereocenters. The Kier molecular flexibility index (Phi) is 3.74. The quantitative estimate of drug-likeness (QED) is 0.886. The Balaban J connectivity index is 2.00. The molecule has 0 spiro atoms. The van der Waals surface area contributed by atoms with Crippen LogP contribution in [0.25, 0.3) is 0 Å². The van der Waals surface area contributed by atoms with Crippen molar-refractivity contribution in [2.45, 2.75) is 6.54 Å². The van der Waals surface area contributed by atoms with Crippen molar-refractivity contribution in [2.24, 2.45) is 0 Å². The first-order chi connectivity index (χ1) is 8.65. The highest BCUT2D eigenvalue weighted by Crippen LogP contribution is 2.11. The van der Waals surface area contributed by atoms with E-state index in [1.807, 2.05) is 18.2 Å². The molecule has 6 heteroatoms. The number of rotatable bonds is 4. The minimum atomic E-state index is -1.05. The van der Waals surface area contributed by atoms with Crippen molar-refractivity contribution in [3.05, 3.63) is 52.8 Å². The molecular formula is C12H10ClN3O2. The van der Waals surface area contributed by atoms with E-state index in [9.17, 15) is 4.79 Å². The summed E-state index contributed by atoms with van der Waals surface area (Å²) in [6.45, 7) is 0.521. The van der Waals surface area contributed by atoms with Crippen molar-refractivity contribution in [2.75, 3.05) is 5.32 Å². The van der Waals surface area contributed by atoms with Crippen LogP contribution in [0, 0.1) is 0 Å². The number of carboxylic acid groups (broad SMARTS) is 1. The second-order valence-corrected chi connectivity index (χ2v) is 4.02. The number of aromatic carboxylic acids is 1. The topological polar surface area (TPSA) is 75.1 Å². The zero-order chi connectivity index (χ0) is 13.0. The Morgan fingerprint density at radius 1 is 1.33 bits per heavy atom. The zero-order valence-corrected chi connectivity index (χ0v) is 10.1. The first kappa shape index (κ1) is 12.3. The van der Waals surface area contributed by atoms with Crippen molar-refractivity contribution < 1.29 is 9.90 Å². The highest BCUT2D eigenvalue weighted by Gasteiger charge is 2.03. The van der Waals surface area contributed by atoms with Gasteiger partial charge in [-0.3, -0.25) is 0 Å². The summed E-state index contributed by atoms with van der Waals surface area (Å²) in [6, 6.07) is 7.40. The predicted octanol–water partition coefficient (Wildman–Crippen LogP) is 2.44. The molecule has 0 radical (unpaired) electrons. The molecule has 0 aliphatic carbocycles. The van der Waals surface area contributed by atoms with Crippen LogP contribution < -0.4 is 5.32 Å². The van der Waals surface area contributed by atoms with E-state index < -0.39 is 5.97 Å². The first-order valence-electron chi connectivity index (χ1n) is 5.19. The molecule has 0 aliphatic heterocycles. The van der Waals surface area contributed by atoms with Crippen molar-refractivity contribution in [3.63, 3.8) is 0 Å². The molecule has 0 amide bonds. The van der Waals surface area contributed by atoms with E-state index in [0.29, 0.717) is 17.5 Å². The van der Waals surface area contributed by atoms with Crippen LogP contribution in [0.2, 0.25) is 5.02 Å². The summed E-state index contributed by atoms with van der Waals surface area (Å²) >= 11 is 5.86. The third kappa shape index (κ3) is 3.18. The molecule has 0 saturated heterocycles. The average Bonchev–Trinajstić information content (AvgIpc) is 2.37. The average molecular weight is 264 g/mol. The van der Waals surface area contributed by atoms with E-state index in [1.165, 1.54) is 12.4 Å². The summed E-state index contributed by atoms with van der Waals surface area (Å²) in [5.74, 6) is -0.670. The van der Waals surface area contributed by atoms with Crippen LogP contribution >= 0.6 is 11.6 Å². The van der Waals surface area contributed by atoms with Crippen molar-refractivity contribution in [1.82, 2.24) is 9.97 Å². The molecule has 2 aromatic rings. The molecular weight excluding hydrogens is 254 g/mol. The van der Waals surface area contributed by atoms with Crippen LogP contribution in [0.5, 0.6) is 0 Å². The summed E-state index contributed by atoms with van der Waals surface area (Å²) in [5.41, 5.74) is 1.05. The molecule has 18 heavy (non-hydrogen) atoms. The van der Waals surface area contributed by atoms with E-state index >= 15 is 0 Å². The van der Waals surface area contributed by atoms with Gasteiger partial charge in [0.05, 0.1) is 5.56 Å². The lowest BCUT2D eigenvalue weighted by Gasteiger charge is -2.05. The molecule has 0 saturated carbocycles. The van der Waals surface area contributed by atoms with Crippen molar-refractivity contribution in [1.29, 1.82) is 0 Å². The van der Waals surface area contributed by atoms with E-state index in [0.717, 1.165) is 5.56 Å². The Bertz CT molecular complexity index is 558. The van der Waals surface area contributed by atoms with Gasteiger partial charge < -0.3 is 10.4 Å². The minimum Gasteiger partial charge on any atom is -0.478 e. The second-order valence-electron chi connectivity index (χ2n) is 3.58. The number of halogens is 1. The van der Waals surface area contributed by atoms with Gasteiger partial charge in [0, 0.05) is 24.0 Å². The van der Waals surface area contributed by atoms with Crippen LogP contribution in [0.3, 0.4) is 0 Å². The van der Waals surface area contributed by atoms with Gasteiger partial charge >= 0.3 is 5.97 Å². The van der Waals surface area contributed by atoms with Crippen LogP contribution in [-0.4, -0.2) is 21.0 Å². The molecule has 0 aliphatic rings. The van der Waals surface area contributed by atoms with Gasteiger partial charge in [0.15, 0.2) is 0 Å². The van der Waals surface area contributed by atoms with Gasteiger partial charge in [0.1, 0.15) is 0 Å². The van der Waals surface area contributed by atoms with Gasteiger partial charge in [-0.05, 0) is 17.7 Å². The standard InChI is InChI=1S/C12H10ClN3O2/c13-10-3-1-2-8(4-10)5-14-12-15-6-9(7-16-12)11(17)18/h1-4,6-7H,5H2,(H,17,18)(H,14,15,16). The number of aromatic nitrogens is 2. The Hall–Kier alpha value is -2.14. The highest BCUT2D eigenvalue weighted by atomic mass is 35.5. The molecule has 2 rings (SSSR count). The summed E-state index contributed by atoms with van der Waals surface area (Å²) in [6.07, 6.45) is 2.52. The Morgan fingerprint density at radius 3 is 2.67 bits per heavy atom. The van der Waals surface area contributed by atoms with Crippen LogP contribution in [0.15, 0.2) is 36.7 Å². The number of nitrogens with one attached hydrogen (secondary N) is 1. The van der Waals surface area contributed by atoms with E-state index in [4.69, 9.17) is 16.7 Å². The molecule has 0 atom stereocenters. The maximum Gasteiger partial charge on any atom is 0.338 e. The fourth-order valence-corrected chi connectivity index (χ4v) is 1.57. The monoisotopic (exact) mass is 263 g/mol. The third-order valence-corrected chi connectivity index (χ3v) is 2.47. The van der Waals surface area contributed by atoms with Gasteiger partial charge in [-0.1, -0.05) is 23.7 Å². The fraction of sp³-hybridized carbons (Fsp3) is 0.0833. The number of hydrogen-bond donors (Lipinski definition) is 2. The van der Waals surface area contributed by atoms with Crippen molar-refractivity contribution in [3.8, 4) is 0 Å². The SMILES string of the molecule is O=C(O)c1cnc(NCc2cccc(Cl)c2)nc1. The van der Waals surface area contributed by atoms with Crippen LogP contribution in [0.1, 0.15) is 15.9 Å². The number of anilines is 1. The fourth-order valence-electron chi connectivity index (χ4n) is 1.36. The minimum absolute atomic E-state index is 0.0586. The molecule has 92 valence electrons. The number of benzene rings is 1. The highest BCUT2D eigenvalue weighted by molar-refractivity contribution is 6.30. The second kappa shape index (κ2) is 5.46. The van der Waals surface area contributed by atoms with E-state index in [2.05, 4.69) is 15.3 Å². The lowest BCUT2D eigenvalue weighted by atomic mass is 10.2. The largest absolute Gasteiger partial charge is 0.478 e. The number of nitrogens with zero attached hydrogens (tertiary/aromatic N) is 2. The number of hydrogen-bond acceptors (Lipinski definition) is 4. The van der Waals surface area contributed by atoms with Gasteiger partial charge in [0.25, 0.3) is 0 Å². The molecule has 1 aromatic carbocycles. The lowest BCUT2D eigenvalue weighted by Crippen LogP contribution is -2.05. The maximum atomic E-state index is 10.6. The molecule has 0 bridgehead atoms. The third-order valence-electron chi connectivity index (χ3n) is 2.24.